The molecule has 3 fully saturated rings. The lowest BCUT2D eigenvalue weighted by atomic mass is 9.68. The SMILES string of the molecule is CC=C[C@H]1CC[C@H](CCCC[C@H]2CC[C@H]([C@H]3CC[C@H](CC)CC3)CC2)CC1. The number of allylic oxidation sites excluding steroid dienone is 2. The van der Waals surface area contributed by atoms with Gasteiger partial charge >= 0.3 is 0 Å². The van der Waals surface area contributed by atoms with Crippen LogP contribution in [-0.4, -0.2) is 0 Å². The van der Waals surface area contributed by atoms with Gasteiger partial charge in [-0.05, 0) is 93.8 Å². The summed E-state index contributed by atoms with van der Waals surface area (Å²) in [5, 5.41) is 0. The fourth-order valence-electron chi connectivity index (χ4n) is 6.82. The molecule has 0 unspecified atom stereocenters. The molecule has 0 radical (unpaired) electrons. The van der Waals surface area contributed by atoms with E-state index in [2.05, 4.69) is 26.0 Å². The Hall–Kier alpha value is -0.260. The predicted molar refractivity (Wildman–Crippen MR) is 120 cm³/mol. The van der Waals surface area contributed by atoms with Crippen molar-refractivity contribution >= 4 is 0 Å². The van der Waals surface area contributed by atoms with Gasteiger partial charge in [0.15, 0.2) is 0 Å². The first kappa shape index (κ1) is 21.4. The molecule has 0 heterocycles. The highest BCUT2D eigenvalue weighted by atomic mass is 14.4. The highest BCUT2D eigenvalue weighted by molar-refractivity contribution is 4.88. The van der Waals surface area contributed by atoms with Crippen molar-refractivity contribution in [2.75, 3.05) is 0 Å². The largest absolute Gasteiger partial charge is 0.0914 e. The third-order valence-electron chi connectivity index (χ3n) is 8.86. The van der Waals surface area contributed by atoms with Crippen LogP contribution in [0.5, 0.6) is 0 Å². The van der Waals surface area contributed by atoms with Crippen molar-refractivity contribution in [1.29, 1.82) is 0 Å². The molecule has 0 N–H and O–H groups in total. The maximum absolute atomic E-state index is 2.45. The second kappa shape index (κ2) is 11.7. The molecule has 0 nitrogen and oxygen atoms in total. The minimum atomic E-state index is 0.901. The van der Waals surface area contributed by atoms with Crippen molar-refractivity contribution in [1.82, 2.24) is 0 Å². The summed E-state index contributed by atoms with van der Waals surface area (Å²) in [7, 11) is 0. The van der Waals surface area contributed by atoms with Crippen molar-refractivity contribution in [3.05, 3.63) is 12.2 Å². The van der Waals surface area contributed by atoms with E-state index in [1.54, 1.807) is 44.9 Å². The van der Waals surface area contributed by atoms with Gasteiger partial charge in [-0.3, -0.25) is 0 Å². The fraction of sp³-hybridized carbons (Fsp3) is 0.926. The second-order valence-electron chi connectivity index (χ2n) is 10.6. The van der Waals surface area contributed by atoms with Gasteiger partial charge in [-0.1, -0.05) is 76.9 Å². The first-order chi connectivity index (χ1) is 13.3. The summed E-state index contributed by atoms with van der Waals surface area (Å²) in [6, 6.07) is 0. The van der Waals surface area contributed by atoms with E-state index in [0.717, 1.165) is 35.5 Å². The van der Waals surface area contributed by atoms with Gasteiger partial charge in [-0.25, -0.2) is 0 Å². The zero-order valence-corrected chi connectivity index (χ0v) is 18.6. The van der Waals surface area contributed by atoms with E-state index in [1.165, 1.54) is 64.2 Å². The van der Waals surface area contributed by atoms with Gasteiger partial charge in [-0.15, -0.1) is 0 Å². The van der Waals surface area contributed by atoms with Gasteiger partial charge in [-0.2, -0.15) is 0 Å². The molecular weight excluding hydrogens is 324 g/mol. The van der Waals surface area contributed by atoms with Gasteiger partial charge in [0.25, 0.3) is 0 Å². The molecule has 3 aliphatic rings. The lowest BCUT2D eigenvalue weighted by Gasteiger charge is -2.37. The zero-order chi connectivity index (χ0) is 18.9. The molecule has 0 amide bonds. The molecule has 0 heteroatoms. The van der Waals surface area contributed by atoms with E-state index >= 15 is 0 Å². The summed E-state index contributed by atoms with van der Waals surface area (Å²) >= 11 is 0. The van der Waals surface area contributed by atoms with Crippen molar-refractivity contribution in [2.24, 2.45) is 35.5 Å². The lowest BCUT2D eigenvalue weighted by Crippen LogP contribution is -2.25. The van der Waals surface area contributed by atoms with Gasteiger partial charge < -0.3 is 0 Å². The van der Waals surface area contributed by atoms with Crippen LogP contribution in [-0.2, 0) is 0 Å². The zero-order valence-electron chi connectivity index (χ0n) is 18.6. The average molecular weight is 373 g/mol. The summed E-state index contributed by atoms with van der Waals surface area (Å²) in [5.74, 6) is 6.31. The van der Waals surface area contributed by atoms with Crippen LogP contribution >= 0.6 is 0 Å². The maximum atomic E-state index is 2.45. The number of hydrogen-bond acceptors (Lipinski definition) is 0. The molecule has 0 aromatic heterocycles. The highest BCUT2D eigenvalue weighted by Gasteiger charge is 2.30. The predicted octanol–water partition coefficient (Wildman–Crippen LogP) is 8.95. The molecule has 0 spiro atoms. The molecule has 156 valence electrons. The number of unbranched alkanes of at least 4 members (excludes halogenated alkanes) is 1. The normalized spacial score (nSPS) is 38.3. The fourth-order valence-corrected chi connectivity index (χ4v) is 6.82. The molecule has 27 heavy (non-hydrogen) atoms. The molecular formula is C27H48. The summed E-state index contributed by atoms with van der Waals surface area (Å²) in [5.41, 5.74) is 0. The Kier molecular flexibility index (Phi) is 9.27. The Morgan fingerprint density at radius 3 is 1.48 bits per heavy atom. The van der Waals surface area contributed by atoms with Gasteiger partial charge in [0.1, 0.15) is 0 Å². The Morgan fingerprint density at radius 1 is 0.593 bits per heavy atom. The Labute approximate surface area is 171 Å². The topological polar surface area (TPSA) is 0 Å². The molecule has 0 atom stereocenters. The molecule has 3 saturated carbocycles. The van der Waals surface area contributed by atoms with E-state index in [0.29, 0.717) is 0 Å². The number of rotatable bonds is 8. The molecule has 0 aliphatic heterocycles. The van der Waals surface area contributed by atoms with Crippen molar-refractivity contribution in [2.45, 2.75) is 123 Å². The highest BCUT2D eigenvalue weighted by Crippen LogP contribution is 2.43. The van der Waals surface area contributed by atoms with E-state index in [-0.39, 0.29) is 0 Å². The van der Waals surface area contributed by atoms with E-state index < -0.39 is 0 Å². The molecule has 0 bridgehead atoms. The minimum Gasteiger partial charge on any atom is -0.0914 e. The lowest BCUT2D eigenvalue weighted by molar-refractivity contribution is 0.141. The monoisotopic (exact) mass is 372 g/mol. The third-order valence-corrected chi connectivity index (χ3v) is 8.86. The van der Waals surface area contributed by atoms with Crippen molar-refractivity contribution in [3.63, 3.8) is 0 Å². The third kappa shape index (κ3) is 6.93. The number of hydrogen-bond donors (Lipinski definition) is 0. The van der Waals surface area contributed by atoms with Crippen LogP contribution in [0.25, 0.3) is 0 Å². The van der Waals surface area contributed by atoms with Crippen molar-refractivity contribution < 1.29 is 0 Å². The molecule has 0 aromatic rings. The standard InChI is InChI=1S/C27H48/c1-3-7-23-10-12-24(13-11-23)8-5-6-9-25-16-20-27(21-17-25)26-18-14-22(4-2)15-19-26/h3,7,22-27H,4-6,8-21H2,1-2H3/t22-,23-,24-,25-,26-,27-. The van der Waals surface area contributed by atoms with E-state index in [4.69, 9.17) is 0 Å². The van der Waals surface area contributed by atoms with Crippen LogP contribution in [0.1, 0.15) is 123 Å². The van der Waals surface area contributed by atoms with Gasteiger partial charge in [0, 0.05) is 0 Å². The molecule has 0 aromatic carbocycles. The van der Waals surface area contributed by atoms with Gasteiger partial charge in [0.2, 0.25) is 0 Å². The minimum absolute atomic E-state index is 0.901. The molecule has 0 saturated heterocycles. The van der Waals surface area contributed by atoms with Crippen LogP contribution in [0.4, 0.5) is 0 Å². The Bertz CT molecular complexity index is 398. The van der Waals surface area contributed by atoms with E-state index in [1.807, 2.05) is 0 Å². The summed E-state index contributed by atoms with van der Waals surface area (Å²) in [4.78, 5) is 0. The summed E-state index contributed by atoms with van der Waals surface area (Å²) in [6.45, 7) is 4.57. The van der Waals surface area contributed by atoms with Crippen LogP contribution < -0.4 is 0 Å². The van der Waals surface area contributed by atoms with E-state index in [9.17, 15) is 0 Å². The van der Waals surface area contributed by atoms with Crippen molar-refractivity contribution in [3.8, 4) is 0 Å². The van der Waals surface area contributed by atoms with Crippen LogP contribution in [0, 0.1) is 35.5 Å². The van der Waals surface area contributed by atoms with Gasteiger partial charge in [0.05, 0.1) is 0 Å². The maximum Gasteiger partial charge on any atom is -0.0233 e. The van der Waals surface area contributed by atoms with Crippen LogP contribution in [0.3, 0.4) is 0 Å². The Balaban J connectivity index is 1.22. The summed E-state index contributed by atoms with van der Waals surface area (Å²) < 4.78 is 0. The second-order valence-corrected chi connectivity index (χ2v) is 10.6. The molecule has 3 aliphatic carbocycles. The van der Waals surface area contributed by atoms with Crippen LogP contribution in [0.15, 0.2) is 12.2 Å². The Morgan fingerprint density at radius 2 is 1.04 bits per heavy atom. The smallest absolute Gasteiger partial charge is 0.0233 e. The first-order valence-corrected chi connectivity index (χ1v) is 12.9. The average Bonchev–Trinajstić information content (AvgIpc) is 2.73. The van der Waals surface area contributed by atoms with Crippen LogP contribution in [0.2, 0.25) is 0 Å². The first-order valence-electron chi connectivity index (χ1n) is 12.9. The molecule has 3 rings (SSSR count). The summed E-state index contributed by atoms with van der Waals surface area (Å²) in [6.07, 6.45) is 30.6. The quantitative estimate of drug-likeness (QED) is 0.294.